The number of benzene rings is 1. The van der Waals surface area contributed by atoms with E-state index in [0.717, 1.165) is 31.4 Å². The third-order valence-electron chi connectivity index (χ3n) is 2.57. The third kappa shape index (κ3) is 4.42. The highest BCUT2D eigenvalue weighted by Gasteiger charge is 2.19. The van der Waals surface area contributed by atoms with Crippen LogP contribution in [0.25, 0.3) is 0 Å². The van der Waals surface area contributed by atoms with Gasteiger partial charge in [0.1, 0.15) is 5.75 Å². The zero-order valence-electron chi connectivity index (χ0n) is 9.74. The second-order valence-electron chi connectivity index (χ2n) is 4.15. The van der Waals surface area contributed by atoms with Gasteiger partial charge < -0.3 is 10.1 Å². The second-order valence-corrected chi connectivity index (χ2v) is 4.15. The van der Waals surface area contributed by atoms with Crippen molar-refractivity contribution in [3.8, 4) is 5.75 Å². The molecule has 0 atom stereocenters. The van der Waals surface area contributed by atoms with Crippen LogP contribution in [0.4, 0.5) is 0 Å². The Labute approximate surface area is 104 Å². The zero-order chi connectivity index (χ0) is 10.5. The first-order valence-electron chi connectivity index (χ1n) is 5.83. The van der Waals surface area contributed by atoms with E-state index in [1.54, 1.807) is 0 Å². The zero-order valence-corrected chi connectivity index (χ0v) is 10.6. The van der Waals surface area contributed by atoms with Crippen molar-refractivity contribution in [3.63, 3.8) is 0 Å². The standard InChI is InChI=1S/C13H19NO.ClH/c1-2-9-15-13-7-3-11(4-8-13)10-14-12-5-6-12;/h3-4,7-8,12,14H,2,5-6,9-10H2,1H3;1H. The molecule has 0 saturated heterocycles. The monoisotopic (exact) mass is 241 g/mol. The Morgan fingerprint density at radius 2 is 1.94 bits per heavy atom. The number of halogens is 1. The summed E-state index contributed by atoms with van der Waals surface area (Å²) in [6.45, 7) is 3.91. The van der Waals surface area contributed by atoms with Crippen molar-refractivity contribution < 1.29 is 4.74 Å². The molecular formula is C13H20ClNO. The first-order valence-corrected chi connectivity index (χ1v) is 5.83. The molecule has 1 aliphatic carbocycles. The molecule has 1 aromatic carbocycles. The van der Waals surface area contributed by atoms with Crippen LogP contribution in [0, 0.1) is 0 Å². The Balaban J connectivity index is 0.00000128. The molecule has 90 valence electrons. The fourth-order valence-electron chi connectivity index (χ4n) is 1.47. The van der Waals surface area contributed by atoms with Gasteiger partial charge in [0, 0.05) is 12.6 Å². The summed E-state index contributed by atoms with van der Waals surface area (Å²) in [5.41, 5.74) is 1.34. The minimum absolute atomic E-state index is 0. The van der Waals surface area contributed by atoms with Crippen LogP contribution in [0.1, 0.15) is 31.7 Å². The molecule has 1 aliphatic rings. The first-order chi connectivity index (χ1) is 7.38. The molecule has 0 bridgehead atoms. The molecule has 2 nitrogen and oxygen atoms in total. The minimum atomic E-state index is 0. The molecule has 1 N–H and O–H groups in total. The van der Waals surface area contributed by atoms with Gasteiger partial charge >= 0.3 is 0 Å². The van der Waals surface area contributed by atoms with Crippen molar-refractivity contribution in [3.05, 3.63) is 29.8 Å². The van der Waals surface area contributed by atoms with Crippen LogP contribution in [-0.2, 0) is 6.54 Å². The van der Waals surface area contributed by atoms with Crippen LogP contribution in [-0.4, -0.2) is 12.6 Å². The van der Waals surface area contributed by atoms with E-state index in [9.17, 15) is 0 Å². The highest BCUT2D eigenvalue weighted by atomic mass is 35.5. The van der Waals surface area contributed by atoms with Crippen LogP contribution >= 0.6 is 12.4 Å². The number of hydrogen-bond donors (Lipinski definition) is 1. The molecule has 1 fully saturated rings. The van der Waals surface area contributed by atoms with E-state index in [0.29, 0.717) is 0 Å². The first kappa shape index (κ1) is 13.3. The summed E-state index contributed by atoms with van der Waals surface area (Å²) < 4.78 is 5.53. The van der Waals surface area contributed by atoms with Gasteiger partial charge in [-0.2, -0.15) is 0 Å². The third-order valence-corrected chi connectivity index (χ3v) is 2.57. The van der Waals surface area contributed by atoms with Gasteiger partial charge in [-0.25, -0.2) is 0 Å². The maximum atomic E-state index is 5.53. The van der Waals surface area contributed by atoms with E-state index in [1.807, 2.05) is 0 Å². The fraction of sp³-hybridized carbons (Fsp3) is 0.538. The largest absolute Gasteiger partial charge is 0.494 e. The van der Waals surface area contributed by atoms with Gasteiger partial charge in [-0.15, -0.1) is 12.4 Å². The molecule has 3 heteroatoms. The van der Waals surface area contributed by atoms with Gasteiger partial charge in [-0.1, -0.05) is 19.1 Å². The Morgan fingerprint density at radius 1 is 1.25 bits per heavy atom. The number of ether oxygens (including phenoxy) is 1. The molecular weight excluding hydrogens is 222 g/mol. The van der Waals surface area contributed by atoms with Gasteiger partial charge in [0.05, 0.1) is 6.61 Å². The van der Waals surface area contributed by atoms with Crippen molar-refractivity contribution in [1.29, 1.82) is 0 Å². The predicted molar refractivity (Wildman–Crippen MR) is 69.3 cm³/mol. The summed E-state index contributed by atoms with van der Waals surface area (Å²) in [7, 11) is 0. The number of nitrogens with one attached hydrogen (secondary N) is 1. The van der Waals surface area contributed by atoms with Gasteiger partial charge in [0.25, 0.3) is 0 Å². The molecule has 0 amide bonds. The maximum absolute atomic E-state index is 5.53. The molecule has 1 aromatic rings. The lowest BCUT2D eigenvalue weighted by Crippen LogP contribution is -2.15. The Hall–Kier alpha value is -0.730. The van der Waals surface area contributed by atoms with Crippen molar-refractivity contribution in [2.45, 2.75) is 38.8 Å². The van der Waals surface area contributed by atoms with E-state index in [-0.39, 0.29) is 12.4 Å². The Morgan fingerprint density at radius 3 is 2.50 bits per heavy atom. The smallest absolute Gasteiger partial charge is 0.119 e. The summed E-state index contributed by atoms with van der Waals surface area (Å²) in [4.78, 5) is 0. The average Bonchev–Trinajstić information content (AvgIpc) is 3.09. The quantitative estimate of drug-likeness (QED) is 0.826. The molecule has 0 radical (unpaired) electrons. The van der Waals surface area contributed by atoms with E-state index in [2.05, 4.69) is 36.5 Å². The second kappa shape index (κ2) is 6.77. The van der Waals surface area contributed by atoms with Gasteiger partial charge in [-0.3, -0.25) is 0 Å². The van der Waals surface area contributed by atoms with E-state index in [4.69, 9.17) is 4.74 Å². The highest BCUT2D eigenvalue weighted by molar-refractivity contribution is 5.85. The Bertz CT molecular complexity index is 295. The van der Waals surface area contributed by atoms with Crippen molar-refractivity contribution in [1.82, 2.24) is 5.32 Å². The summed E-state index contributed by atoms with van der Waals surface area (Å²) in [6.07, 6.45) is 3.75. The lowest BCUT2D eigenvalue weighted by Gasteiger charge is -2.06. The van der Waals surface area contributed by atoms with Crippen LogP contribution in [0.2, 0.25) is 0 Å². The number of hydrogen-bond acceptors (Lipinski definition) is 2. The van der Waals surface area contributed by atoms with Crippen LogP contribution in [0.15, 0.2) is 24.3 Å². The van der Waals surface area contributed by atoms with E-state index < -0.39 is 0 Å². The molecule has 0 spiro atoms. The van der Waals surface area contributed by atoms with Gasteiger partial charge in [0.15, 0.2) is 0 Å². The van der Waals surface area contributed by atoms with Crippen LogP contribution in [0.3, 0.4) is 0 Å². The van der Waals surface area contributed by atoms with Crippen LogP contribution < -0.4 is 10.1 Å². The normalized spacial score (nSPS) is 14.3. The molecule has 1 saturated carbocycles. The van der Waals surface area contributed by atoms with Crippen molar-refractivity contribution >= 4 is 12.4 Å². The maximum Gasteiger partial charge on any atom is 0.119 e. The van der Waals surface area contributed by atoms with E-state index >= 15 is 0 Å². The lowest BCUT2D eigenvalue weighted by molar-refractivity contribution is 0.317. The Kier molecular flexibility index (Phi) is 5.64. The van der Waals surface area contributed by atoms with Crippen molar-refractivity contribution in [2.75, 3.05) is 6.61 Å². The number of rotatable bonds is 6. The summed E-state index contributed by atoms with van der Waals surface area (Å²) in [5.74, 6) is 0.979. The molecule has 0 heterocycles. The average molecular weight is 242 g/mol. The van der Waals surface area contributed by atoms with Crippen LogP contribution in [0.5, 0.6) is 5.75 Å². The highest BCUT2D eigenvalue weighted by Crippen LogP contribution is 2.19. The lowest BCUT2D eigenvalue weighted by atomic mass is 10.2. The molecule has 0 aromatic heterocycles. The fourth-order valence-corrected chi connectivity index (χ4v) is 1.47. The molecule has 16 heavy (non-hydrogen) atoms. The van der Waals surface area contributed by atoms with E-state index in [1.165, 1.54) is 18.4 Å². The molecule has 0 aliphatic heterocycles. The molecule has 0 unspecified atom stereocenters. The van der Waals surface area contributed by atoms with Gasteiger partial charge in [0.2, 0.25) is 0 Å². The summed E-state index contributed by atoms with van der Waals surface area (Å²) >= 11 is 0. The van der Waals surface area contributed by atoms with Crippen molar-refractivity contribution in [2.24, 2.45) is 0 Å². The molecule has 2 rings (SSSR count). The van der Waals surface area contributed by atoms with Gasteiger partial charge in [-0.05, 0) is 37.0 Å². The summed E-state index contributed by atoms with van der Waals surface area (Å²) in [5, 5.41) is 3.49. The SMILES string of the molecule is CCCOc1ccc(CNC2CC2)cc1.Cl. The predicted octanol–water partition coefficient (Wildman–Crippen LogP) is 3.15. The topological polar surface area (TPSA) is 21.3 Å². The minimum Gasteiger partial charge on any atom is -0.494 e. The summed E-state index contributed by atoms with van der Waals surface area (Å²) in [6, 6.07) is 9.17.